The second kappa shape index (κ2) is 60.2. The lowest BCUT2D eigenvalue weighted by Gasteiger charge is -2.33. The molecule has 0 radical (unpaired) electrons. The molecule has 137 heavy (non-hydrogen) atoms. The highest BCUT2D eigenvalue weighted by Gasteiger charge is 2.42. The van der Waals surface area contributed by atoms with E-state index in [4.69, 9.17) is 118 Å². The summed E-state index contributed by atoms with van der Waals surface area (Å²) in [4.78, 5) is 144. The number of benzene rings is 6. The van der Waals surface area contributed by atoms with Crippen molar-refractivity contribution >= 4 is 152 Å². The summed E-state index contributed by atoms with van der Waals surface area (Å²) in [5.74, 6) is -7.91. The third-order valence-electron chi connectivity index (χ3n) is 21.6. The molecule has 750 valence electrons. The molecule has 2 saturated heterocycles. The van der Waals surface area contributed by atoms with E-state index in [2.05, 4.69) is 90.3 Å². The summed E-state index contributed by atoms with van der Waals surface area (Å²) in [7, 11) is 9.30. The zero-order chi connectivity index (χ0) is 99.5. The Kier molecular flexibility index (Phi) is 49.7. The summed E-state index contributed by atoms with van der Waals surface area (Å²) in [5, 5.41) is 56.9. The van der Waals surface area contributed by atoms with Crippen LogP contribution >= 0.6 is 69.6 Å². The quantitative estimate of drug-likeness (QED) is 0.0126. The number of likely N-dealkylation sites (N-methyl/N-ethyl adjacent to an activating group) is 3. The number of urea groups is 1. The number of hydroxylamine groups is 4. The van der Waals surface area contributed by atoms with E-state index in [1.54, 1.807) is 25.3 Å². The SMILES string of the molecule is CN1Cc2c(Cl)cc(Cl)cc2C(c2cccc(NC(=O)CCCOCCOCCOCCN)c2)C1.COCCNC(=O)C(O)C(O)C(=O)CCCOCCOCCOCCCC(=O)Nc1cccc(C2CN(C)Cc3c(Cl)cc(Cl)cc32)c1.COCCOCCNC(=O)Nc1cccc(C2CN(C)Cc3c(Cl)cc(Cl)cc32)c1.O=C(ON1C(=O)CCC1=O)C(O)C(O)C(=O)ON1C(=O)CCC1=O. The van der Waals surface area contributed by atoms with Crippen LogP contribution in [0.1, 0.15) is 132 Å². The summed E-state index contributed by atoms with van der Waals surface area (Å²) in [6.45, 7) is 12.8. The number of amides is 9. The molecule has 2 fully saturated rings. The minimum absolute atomic E-state index is 0.0358. The van der Waals surface area contributed by atoms with Gasteiger partial charge in [-0.25, -0.2) is 14.4 Å². The second-order valence-electron chi connectivity index (χ2n) is 32.4. The normalized spacial score (nSPS) is 16.7. The van der Waals surface area contributed by atoms with Gasteiger partial charge in [0.25, 0.3) is 29.5 Å². The van der Waals surface area contributed by atoms with Gasteiger partial charge in [0, 0.05) is 203 Å². The molecule has 9 amide bonds. The highest BCUT2D eigenvalue weighted by molar-refractivity contribution is 6.36. The van der Waals surface area contributed by atoms with Crippen molar-refractivity contribution in [1.82, 2.24) is 35.5 Å². The van der Waals surface area contributed by atoms with Crippen LogP contribution in [0.3, 0.4) is 0 Å². The average Bonchev–Trinajstić information content (AvgIpc) is 1.57. The Morgan fingerprint density at radius 2 is 0.723 bits per heavy atom. The molecule has 11 rings (SSSR count). The lowest BCUT2D eigenvalue weighted by molar-refractivity contribution is -0.216. The van der Waals surface area contributed by atoms with E-state index in [0.29, 0.717) is 168 Å². The first-order valence-electron chi connectivity index (χ1n) is 44.6. The number of aliphatic hydroxyl groups is 4. The van der Waals surface area contributed by atoms with Crippen molar-refractivity contribution in [3.63, 3.8) is 0 Å². The van der Waals surface area contributed by atoms with E-state index in [9.17, 15) is 73.2 Å². The number of fused-ring (bicyclic) bond motifs is 3. The number of ketones is 1. The van der Waals surface area contributed by atoms with Crippen LogP contribution in [0, 0.1) is 0 Å². The molecule has 11 N–H and O–H groups in total. The Bertz CT molecular complexity index is 4910. The Hall–Kier alpha value is -9.05. The number of rotatable bonds is 49. The van der Waals surface area contributed by atoms with Gasteiger partial charge in [-0.15, -0.1) is 10.1 Å². The van der Waals surface area contributed by atoms with Crippen LogP contribution in [-0.4, -0.2) is 315 Å². The second-order valence-corrected chi connectivity index (χ2v) is 34.9. The van der Waals surface area contributed by atoms with Gasteiger partial charge in [-0.3, -0.25) is 38.4 Å². The van der Waals surface area contributed by atoms with Crippen molar-refractivity contribution in [1.29, 1.82) is 0 Å². The van der Waals surface area contributed by atoms with Gasteiger partial charge < -0.3 is 120 Å². The van der Waals surface area contributed by atoms with Gasteiger partial charge in [0.15, 0.2) is 24.1 Å². The first-order valence-corrected chi connectivity index (χ1v) is 46.9. The summed E-state index contributed by atoms with van der Waals surface area (Å²) in [5.41, 5.74) is 17.6. The third-order valence-corrected chi connectivity index (χ3v) is 23.3. The van der Waals surface area contributed by atoms with Crippen molar-refractivity contribution in [2.45, 2.75) is 126 Å². The minimum atomic E-state index is -2.51. The summed E-state index contributed by atoms with van der Waals surface area (Å²) >= 11 is 38.4. The summed E-state index contributed by atoms with van der Waals surface area (Å²) in [6.07, 6.45) is -7.20. The summed E-state index contributed by atoms with van der Waals surface area (Å²) < 4.78 is 47.6. The molecule has 0 aromatic heterocycles. The molecule has 5 aliphatic heterocycles. The topological polar surface area (TPSA) is 473 Å². The number of carbonyl (C=O) groups is 11. The average molecular weight is 2030 g/mol. The van der Waals surface area contributed by atoms with Crippen LogP contribution in [0.25, 0.3) is 0 Å². The third kappa shape index (κ3) is 37.8. The van der Waals surface area contributed by atoms with Gasteiger partial charge >= 0.3 is 18.0 Å². The maximum atomic E-state index is 12.6. The van der Waals surface area contributed by atoms with Crippen molar-refractivity contribution in [3.05, 3.63) is 189 Å². The lowest BCUT2D eigenvalue weighted by Crippen LogP contribution is -2.47. The number of nitrogens with two attached hydrogens (primary N) is 1. The van der Waals surface area contributed by atoms with Crippen LogP contribution in [0.5, 0.6) is 0 Å². The number of Topliss-reactive ketones (excluding diaryl/α,β-unsaturated/α-hetero) is 1. The molecule has 0 bridgehead atoms. The molecule has 5 heterocycles. The number of anilines is 3. The van der Waals surface area contributed by atoms with Crippen LogP contribution < -0.4 is 32.3 Å². The predicted molar refractivity (Wildman–Crippen MR) is 510 cm³/mol. The molecule has 43 heteroatoms. The standard InChI is InChI=1S/C34H47Cl2N3O9.C26H35Cl2N3O4.C22H27Cl2N3O3.C12H12N2O10/c1-39-21-27(26-19-24(35)20-29(36)28(26)22-39)23-6-3-7-25(18-23)38-31(41)9-5-12-47-15-17-48-16-14-46-11-4-8-30(40)32(42)33(43)34(44)37-10-13-45-2;1-31-17-23(22-15-20(27)16-25(28)24(22)18-31)19-4-2-5-21(14-19)30-26(32)6-3-8-33-10-12-35-13-11-34-9-7-29;1-27-13-19(18-11-16(23)12-21(24)20(18)14-27)15-4-3-5-17(10-15)26-22(28)25-6-7-30-9-8-29-2;15-5-1-2-6(16)13(5)23-11(21)9(19)10(20)12(22)24-14-7(17)3-4-8(14)18/h3,6-7,18-20,27,32-33,42-43H,4-5,8-17,21-22H2,1-2H3,(H,37,44)(H,38,41);2,4-5,14-16,23H,3,6-13,17-18,29H2,1H3,(H,30,32);3-5,10-12,19H,6-9,13-14H2,1-2H3,(H2,25,26,28);9-10,19-20H,1-4H2. The Morgan fingerprint density at radius 3 is 1.09 bits per heavy atom. The van der Waals surface area contributed by atoms with Gasteiger partial charge in [0.2, 0.25) is 11.8 Å². The molecule has 0 spiro atoms. The molecular formula is C94H121Cl6N11O26. The van der Waals surface area contributed by atoms with Crippen LogP contribution in [0.2, 0.25) is 30.1 Å². The molecule has 6 aromatic carbocycles. The van der Waals surface area contributed by atoms with E-state index < -0.39 is 71.7 Å². The number of ether oxygens (including phenoxy) is 9. The van der Waals surface area contributed by atoms with Gasteiger partial charge in [0.1, 0.15) is 6.10 Å². The number of halogens is 6. The van der Waals surface area contributed by atoms with Crippen molar-refractivity contribution < 1.29 is 125 Å². The van der Waals surface area contributed by atoms with E-state index in [1.807, 2.05) is 72.8 Å². The fraction of sp³-hybridized carbons (Fsp3) is 0.500. The molecular weight excluding hydrogens is 1910 g/mol. The minimum Gasteiger partial charge on any atom is -0.383 e. The highest BCUT2D eigenvalue weighted by Crippen LogP contribution is 2.43. The van der Waals surface area contributed by atoms with Crippen molar-refractivity contribution in [2.24, 2.45) is 5.73 Å². The fourth-order valence-corrected chi connectivity index (χ4v) is 16.6. The molecule has 7 atom stereocenters. The Balaban J connectivity index is 0.000000231. The maximum Gasteiger partial charge on any atom is 0.364 e. The van der Waals surface area contributed by atoms with E-state index in [1.165, 1.54) is 7.11 Å². The number of imide groups is 2. The van der Waals surface area contributed by atoms with E-state index >= 15 is 0 Å². The van der Waals surface area contributed by atoms with Gasteiger partial charge in [-0.2, -0.15) is 0 Å². The van der Waals surface area contributed by atoms with E-state index in [-0.39, 0.29) is 97.6 Å². The largest absolute Gasteiger partial charge is 0.383 e. The predicted octanol–water partition coefficient (Wildman–Crippen LogP) is 8.75. The van der Waals surface area contributed by atoms with Gasteiger partial charge in [0.05, 0.1) is 85.9 Å². The molecule has 6 aromatic rings. The van der Waals surface area contributed by atoms with Gasteiger partial charge in [-0.1, -0.05) is 106 Å². The first kappa shape index (κ1) is 113. The smallest absolute Gasteiger partial charge is 0.364 e. The number of nitrogens with one attached hydrogen (secondary N) is 5. The molecule has 37 nitrogen and oxygen atoms in total. The Labute approximate surface area is 825 Å². The fourth-order valence-electron chi connectivity index (χ4n) is 14.9. The van der Waals surface area contributed by atoms with Crippen LogP contribution in [-0.2, 0) is 120 Å². The number of hydrogen-bond donors (Lipinski definition) is 10. The maximum absolute atomic E-state index is 12.6. The molecule has 7 unspecified atom stereocenters. The lowest BCUT2D eigenvalue weighted by atomic mass is 9.84. The number of methoxy groups -OCH3 is 2. The number of hydrogen-bond acceptors (Lipinski definition) is 30. The molecule has 0 aliphatic carbocycles. The van der Waals surface area contributed by atoms with Gasteiger partial charge in [-0.05, 0) is 163 Å². The van der Waals surface area contributed by atoms with Crippen molar-refractivity contribution in [2.75, 3.05) is 196 Å². The zero-order valence-corrected chi connectivity index (χ0v) is 81.6. The zero-order valence-electron chi connectivity index (χ0n) is 77.0. The highest BCUT2D eigenvalue weighted by atomic mass is 35.5. The monoisotopic (exact) mass is 2030 g/mol. The number of aliphatic hydroxyl groups excluding tert-OH is 4. The first-order chi connectivity index (χ1) is 65.8. The number of carbonyl (C=O) groups excluding carboxylic acids is 11. The van der Waals surface area contributed by atoms with Crippen LogP contribution in [0.15, 0.2) is 109 Å². The van der Waals surface area contributed by atoms with Crippen LogP contribution in [0.4, 0.5) is 21.9 Å². The molecule has 0 saturated carbocycles. The Morgan fingerprint density at radius 1 is 0.394 bits per heavy atom. The van der Waals surface area contributed by atoms with E-state index in [0.717, 1.165) is 106 Å². The summed E-state index contributed by atoms with van der Waals surface area (Å²) in [6, 6.07) is 34.8. The molecule has 5 aliphatic rings. The van der Waals surface area contributed by atoms with Crippen molar-refractivity contribution in [3.8, 4) is 0 Å². The number of nitrogens with zero attached hydrogens (tertiary/aromatic N) is 5.